The summed E-state index contributed by atoms with van der Waals surface area (Å²) < 4.78 is 0. The van der Waals surface area contributed by atoms with Crippen molar-refractivity contribution < 1.29 is 9.59 Å². The van der Waals surface area contributed by atoms with Gasteiger partial charge in [-0.2, -0.15) is 0 Å². The maximum atomic E-state index is 12.5. The van der Waals surface area contributed by atoms with E-state index in [0.717, 1.165) is 5.69 Å². The van der Waals surface area contributed by atoms with Crippen LogP contribution in [-0.2, 0) is 0 Å². The molecular weight excluding hydrogens is 416 g/mol. The van der Waals surface area contributed by atoms with Crippen LogP contribution in [0.15, 0.2) is 79.0 Å². The molecule has 0 aliphatic heterocycles. The molecule has 0 saturated heterocycles. The van der Waals surface area contributed by atoms with Gasteiger partial charge < -0.3 is 16.0 Å². The van der Waals surface area contributed by atoms with Crippen molar-refractivity contribution in [1.82, 2.24) is 15.0 Å². The third-order valence-electron chi connectivity index (χ3n) is 4.73. The van der Waals surface area contributed by atoms with Crippen molar-refractivity contribution in [2.75, 3.05) is 16.0 Å². The van der Waals surface area contributed by atoms with Gasteiger partial charge in [-0.1, -0.05) is 18.2 Å². The topological polar surface area (TPSA) is 109 Å². The Kier molecular flexibility index (Phi) is 6.36. The van der Waals surface area contributed by atoms with Crippen LogP contribution in [0.5, 0.6) is 0 Å². The lowest BCUT2D eigenvalue weighted by Gasteiger charge is -2.11. The summed E-state index contributed by atoms with van der Waals surface area (Å²) in [5.74, 6) is 2.27. The summed E-state index contributed by atoms with van der Waals surface area (Å²) >= 11 is 0. The average Bonchev–Trinajstić information content (AvgIpc) is 2.80. The van der Waals surface area contributed by atoms with Crippen LogP contribution in [-0.4, -0.2) is 26.6 Å². The summed E-state index contributed by atoms with van der Waals surface area (Å²) in [6.07, 6.45) is 1.71. The molecule has 0 bridgehead atoms. The lowest BCUT2D eigenvalue weighted by molar-refractivity contribution is 0.101. The predicted octanol–water partition coefficient (Wildman–Crippen LogP) is 5.12. The number of hydrogen-bond acceptors (Lipinski definition) is 7. The predicted molar refractivity (Wildman–Crippen MR) is 128 cm³/mol. The molecule has 2 aromatic carbocycles. The van der Waals surface area contributed by atoms with Crippen LogP contribution < -0.4 is 16.0 Å². The number of hydrogen-bond donors (Lipinski definition) is 3. The Balaban J connectivity index is 1.41. The van der Waals surface area contributed by atoms with Crippen LogP contribution in [0, 0.1) is 6.92 Å². The highest BCUT2D eigenvalue weighted by atomic mass is 16.1. The normalized spacial score (nSPS) is 10.4. The van der Waals surface area contributed by atoms with Gasteiger partial charge >= 0.3 is 0 Å². The SMILES string of the molecule is CC(=O)c1ccc(C(=O)Nc2ccc(Nc3cc(Nc4ccccn4)nc(C)n3)cc2)cc1. The van der Waals surface area contributed by atoms with Crippen molar-refractivity contribution in [1.29, 1.82) is 0 Å². The summed E-state index contributed by atoms with van der Waals surface area (Å²) in [6, 6.07) is 21.2. The van der Waals surface area contributed by atoms with E-state index in [9.17, 15) is 9.59 Å². The Morgan fingerprint density at radius 1 is 0.727 bits per heavy atom. The number of anilines is 5. The number of nitrogens with one attached hydrogen (secondary N) is 3. The molecule has 2 aromatic heterocycles. The number of aryl methyl sites for hydroxylation is 1. The van der Waals surface area contributed by atoms with Gasteiger partial charge in [-0.25, -0.2) is 15.0 Å². The summed E-state index contributed by atoms with van der Waals surface area (Å²) in [5, 5.41) is 9.25. The molecule has 8 heteroatoms. The molecule has 0 aliphatic carbocycles. The number of aromatic nitrogens is 3. The summed E-state index contributed by atoms with van der Waals surface area (Å²) in [6.45, 7) is 3.31. The van der Waals surface area contributed by atoms with E-state index >= 15 is 0 Å². The van der Waals surface area contributed by atoms with E-state index in [2.05, 4.69) is 30.9 Å². The van der Waals surface area contributed by atoms with Crippen LogP contribution >= 0.6 is 0 Å². The molecule has 0 spiro atoms. The molecule has 8 nitrogen and oxygen atoms in total. The molecule has 2 heterocycles. The van der Waals surface area contributed by atoms with Gasteiger partial charge in [0.15, 0.2) is 5.78 Å². The van der Waals surface area contributed by atoms with Crippen LogP contribution in [0.25, 0.3) is 0 Å². The zero-order chi connectivity index (χ0) is 23.2. The van der Waals surface area contributed by atoms with E-state index in [1.807, 2.05) is 37.3 Å². The van der Waals surface area contributed by atoms with Crippen molar-refractivity contribution in [3.05, 3.63) is 95.9 Å². The molecule has 0 atom stereocenters. The van der Waals surface area contributed by atoms with Gasteiger partial charge in [0.25, 0.3) is 5.91 Å². The van der Waals surface area contributed by atoms with Gasteiger partial charge in [0.2, 0.25) is 0 Å². The smallest absolute Gasteiger partial charge is 0.255 e. The molecule has 33 heavy (non-hydrogen) atoms. The van der Waals surface area contributed by atoms with Crippen LogP contribution in [0.2, 0.25) is 0 Å². The Morgan fingerprint density at radius 2 is 1.36 bits per heavy atom. The van der Waals surface area contributed by atoms with Crippen molar-refractivity contribution in [2.24, 2.45) is 0 Å². The quantitative estimate of drug-likeness (QED) is 0.344. The van der Waals surface area contributed by atoms with E-state index in [1.165, 1.54) is 6.92 Å². The van der Waals surface area contributed by atoms with E-state index < -0.39 is 0 Å². The third kappa shape index (κ3) is 5.76. The van der Waals surface area contributed by atoms with Gasteiger partial charge in [0.1, 0.15) is 23.3 Å². The fourth-order valence-electron chi connectivity index (χ4n) is 3.11. The fourth-order valence-corrected chi connectivity index (χ4v) is 3.11. The highest BCUT2D eigenvalue weighted by Gasteiger charge is 2.08. The van der Waals surface area contributed by atoms with Gasteiger partial charge in [0.05, 0.1) is 0 Å². The van der Waals surface area contributed by atoms with Crippen molar-refractivity contribution >= 4 is 40.5 Å². The Labute approximate surface area is 191 Å². The molecule has 0 saturated carbocycles. The highest BCUT2D eigenvalue weighted by Crippen LogP contribution is 2.21. The molecule has 0 fully saturated rings. The minimum atomic E-state index is -0.248. The van der Waals surface area contributed by atoms with Gasteiger partial charge in [-0.3, -0.25) is 9.59 Å². The standard InChI is InChI=1S/C25H22N6O2/c1-16(32)18-6-8-19(9-7-18)25(33)30-21-12-10-20(11-13-21)29-23-15-24(28-17(2)27-23)31-22-5-3-4-14-26-22/h3-15H,1-2H3,(H,30,33)(H2,26,27,28,29,31). The second kappa shape index (κ2) is 9.69. The van der Waals surface area contributed by atoms with E-state index in [4.69, 9.17) is 0 Å². The molecule has 1 amide bonds. The summed E-state index contributed by atoms with van der Waals surface area (Å²) in [4.78, 5) is 36.9. The van der Waals surface area contributed by atoms with Gasteiger partial charge in [-0.05, 0) is 62.4 Å². The van der Waals surface area contributed by atoms with Crippen molar-refractivity contribution in [2.45, 2.75) is 13.8 Å². The molecule has 4 rings (SSSR count). The molecule has 164 valence electrons. The number of amides is 1. The molecule has 4 aromatic rings. The number of carbonyl (C=O) groups excluding carboxylic acids is 2. The molecule has 0 unspecified atom stereocenters. The highest BCUT2D eigenvalue weighted by molar-refractivity contribution is 6.05. The first kappa shape index (κ1) is 21.6. The van der Waals surface area contributed by atoms with Crippen LogP contribution in [0.4, 0.5) is 28.8 Å². The number of rotatable bonds is 7. The Hall–Kier alpha value is -4.59. The first-order chi connectivity index (χ1) is 16.0. The van der Waals surface area contributed by atoms with E-state index in [0.29, 0.717) is 40.1 Å². The zero-order valence-corrected chi connectivity index (χ0v) is 18.2. The molecule has 0 radical (unpaired) electrons. The Bertz CT molecular complexity index is 1270. The Morgan fingerprint density at radius 3 is 2.00 bits per heavy atom. The summed E-state index contributed by atoms with van der Waals surface area (Å²) in [5.41, 5.74) is 2.50. The number of nitrogens with zero attached hydrogens (tertiary/aromatic N) is 3. The van der Waals surface area contributed by atoms with E-state index in [1.54, 1.807) is 48.7 Å². The molecule has 0 aliphatic rings. The average molecular weight is 438 g/mol. The van der Waals surface area contributed by atoms with Crippen LogP contribution in [0.1, 0.15) is 33.5 Å². The minimum absolute atomic E-state index is 0.0384. The van der Waals surface area contributed by atoms with Gasteiger partial charge in [-0.15, -0.1) is 0 Å². The number of benzene rings is 2. The number of carbonyl (C=O) groups is 2. The second-order valence-electron chi connectivity index (χ2n) is 7.32. The maximum Gasteiger partial charge on any atom is 0.255 e. The minimum Gasteiger partial charge on any atom is -0.340 e. The number of ketones is 1. The maximum absolute atomic E-state index is 12.5. The zero-order valence-electron chi connectivity index (χ0n) is 18.2. The first-order valence-electron chi connectivity index (χ1n) is 10.3. The molecular formula is C25H22N6O2. The van der Waals surface area contributed by atoms with E-state index in [-0.39, 0.29) is 11.7 Å². The molecule has 3 N–H and O–H groups in total. The summed E-state index contributed by atoms with van der Waals surface area (Å²) in [7, 11) is 0. The van der Waals surface area contributed by atoms with Gasteiger partial charge in [0, 0.05) is 34.8 Å². The first-order valence-corrected chi connectivity index (χ1v) is 10.3. The number of Topliss-reactive ketones (excluding diaryl/α,β-unsaturated/α-hetero) is 1. The second-order valence-corrected chi connectivity index (χ2v) is 7.32. The largest absolute Gasteiger partial charge is 0.340 e. The number of pyridine rings is 1. The van der Waals surface area contributed by atoms with Crippen molar-refractivity contribution in [3.8, 4) is 0 Å². The monoisotopic (exact) mass is 438 g/mol. The van der Waals surface area contributed by atoms with Crippen LogP contribution in [0.3, 0.4) is 0 Å². The van der Waals surface area contributed by atoms with Crippen molar-refractivity contribution in [3.63, 3.8) is 0 Å². The lowest BCUT2D eigenvalue weighted by Crippen LogP contribution is -2.12. The lowest BCUT2D eigenvalue weighted by atomic mass is 10.1. The third-order valence-corrected chi connectivity index (χ3v) is 4.73. The fraction of sp³-hybridized carbons (Fsp3) is 0.0800.